The summed E-state index contributed by atoms with van der Waals surface area (Å²) in [5.41, 5.74) is -0.339. The number of benzene rings is 1. The monoisotopic (exact) mass is 397 g/mol. The maximum absolute atomic E-state index is 13.2. The van der Waals surface area contributed by atoms with Crippen molar-refractivity contribution >= 4 is 11.6 Å². The molecule has 0 bridgehead atoms. The van der Waals surface area contributed by atoms with E-state index in [-0.39, 0.29) is 12.6 Å². The van der Waals surface area contributed by atoms with Crippen LogP contribution in [-0.2, 0) is 6.18 Å². The van der Waals surface area contributed by atoms with Crippen LogP contribution in [0.5, 0.6) is 11.6 Å². The van der Waals surface area contributed by atoms with E-state index in [9.17, 15) is 13.2 Å². The van der Waals surface area contributed by atoms with Gasteiger partial charge in [-0.2, -0.15) is 18.2 Å². The maximum atomic E-state index is 13.2. The Morgan fingerprint density at radius 2 is 1.68 bits per heavy atom. The summed E-state index contributed by atoms with van der Waals surface area (Å²) in [6.45, 7) is 4.88. The summed E-state index contributed by atoms with van der Waals surface area (Å²) in [5, 5.41) is 2.89. The molecular formula is C20H26F3N3O2. The van der Waals surface area contributed by atoms with Crippen molar-refractivity contribution in [2.75, 3.05) is 18.5 Å². The third-order valence-corrected chi connectivity index (χ3v) is 3.88. The minimum Gasteiger partial charge on any atom is -0.494 e. The SMILES string of the molecule is CCCCCCOc1nc(Nc2ccc(OCCC)cc2)ncc1C(F)(F)F. The van der Waals surface area contributed by atoms with Gasteiger partial charge in [-0.05, 0) is 37.1 Å². The molecule has 8 heteroatoms. The van der Waals surface area contributed by atoms with Crippen LogP contribution in [0.25, 0.3) is 0 Å². The number of nitrogens with zero attached hydrogens (tertiary/aromatic N) is 2. The smallest absolute Gasteiger partial charge is 0.423 e. The number of alkyl halides is 3. The van der Waals surface area contributed by atoms with Crippen molar-refractivity contribution < 1.29 is 22.6 Å². The minimum absolute atomic E-state index is 0.0405. The molecule has 0 atom stereocenters. The van der Waals surface area contributed by atoms with Gasteiger partial charge in [-0.1, -0.05) is 33.1 Å². The Bertz CT molecular complexity index is 722. The normalized spacial score (nSPS) is 11.3. The lowest BCUT2D eigenvalue weighted by Gasteiger charge is -2.14. The number of rotatable bonds is 11. The first-order chi connectivity index (χ1) is 13.4. The Kier molecular flexibility index (Phi) is 8.35. The first-order valence-electron chi connectivity index (χ1n) is 9.51. The highest BCUT2D eigenvalue weighted by atomic mass is 19.4. The summed E-state index contributed by atoms with van der Waals surface area (Å²) in [4.78, 5) is 7.71. The Hall–Kier alpha value is -2.51. The summed E-state index contributed by atoms with van der Waals surface area (Å²) in [6, 6.07) is 7.04. The zero-order chi connectivity index (χ0) is 20.4. The predicted octanol–water partition coefficient (Wildman–Crippen LogP) is 5.99. The summed E-state index contributed by atoms with van der Waals surface area (Å²) in [7, 11) is 0. The Morgan fingerprint density at radius 1 is 0.929 bits per heavy atom. The second-order valence-corrected chi connectivity index (χ2v) is 6.32. The van der Waals surface area contributed by atoms with E-state index in [0.717, 1.165) is 37.6 Å². The Morgan fingerprint density at radius 3 is 2.32 bits per heavy atom. The van der Waals surface area contributed by atoms with Crippen molar-refractivity contribution in [2.45, 2.75) is 52.1 Å². The van der Waals surface area contributed by atoms with Gasteiger partial charge in [0.05, 0.1) is 13.2 Å². The maximum Gasteiger partial charge on any atom is 0.423 e. The summed E-state index contributed by atoms with van der Waals surface area (Å²) >= 11 is 0. The van der Waals surface area contributed by atoms with E-state index in [4.69, 9.17) is 9.47 Å². The fraction of sp³-hybridized carbons (Fsp3) is 0.500. The molecule has 0 aliphatic heterocycles. The number of anilines is 2. The molecule has 0 fully saturated rings. The van der Waals surface area contributed by atoms with Crippen LogP contribution in [0.3, 0.4) is 0 Å². The molecule has 1 heterocycles. The summed E-state index contributed by atoms with van der Waals surface area (Å²) < 4.78 is 50.4. The van der Waals surface area contributed by atoms with Crippen LogP contribution in [0.15, 0.2) is 30.5 Å². The second kappa shape index (κ2) is 10.7. The lowest BCUT2D eigenvalue weighted by molar-refractivity contribution is -0.139. The van der Waals surface area contributed by atoms with Crippen molar-refractivity contribution in [3.63, 3.8) is 0 Å². The lowest BCUT2D eigenvalue weighted by atomic mass is 10.2. The van der Waals surface area contributed by atoms with Crippen molar-refractivity contribution in [2.24, 2.45) is 0 Å². The van der Waals surface area contributed by atoms with E-state index in [2.05, 4.69) is 22.2 Å². The van der Waals surface area contributed by atoms with Gasteiger partial charge >= 0.3 is 6.18 Å². The van der Waals surface area contributed by atoms with Crippen LogP contribution in [0.2, 0.25) is 0 Å². The average Bonchev–Trinajstić information content (AvgIpc) is 2.66. The Labute approximate surface area is 163 Å². The third kappa shape index (κ3) is 6.90. The molecule has 0 aliphatic carbocycles. The zero-order valence-corrected chi connectivity index (χ0v) is 16.2. The molecule has 0 aliphatic rings. The number of ether oxygens (including phenoxy) is 2. The van der Waals surface area contributed by atoms with Crippen molar-refractivity contribution in [1.29, 1.82) is 0 Å². The van der Waals surface area contributed by atoms with Crippen LogP contribution in [0, 0.1) is 0 Å². The van der Waals surface area contributed by atoms with Gasteiger partial charge in [0.15, 0.2) is 0 Å². The molecule has 0 amide bonds. The van der Waals surface area contributed by atoms with Crippen LogP contribution >= 0.6 is 0 Å². The van der Waals surface area contributed by atoms with E-state index in [1.165, 1.54) is 0 Å². The Balaban J connectivity index is 2.08. The lowest BCUT2D eigenvalue weighted by Crippen LogP contribution is -2.13. The first kappa shape index (κ1) is 21.8. The van der Waals surface area contributed by atoms with Crippen molar-refractivity contribution in [3.8, 4) is 11.6 Å². The molecule has 2 rings (SSSR count). The first-order valence-corrected chi connectivity index (χ1v) is 9.51. The standard InChI is InChI=1S/C20H26F3N3O2/c1-3-5-6-7-13-28-18-17(20(21,22)23)14-24-19(26-18)25-15-8-10-16(11-9-15)27-12-4-2/h8-11,14H,3-7,12-13H2,1-2H3,(H,24,25,26). The predicted molar refractivity (Wildman–Crippen MR) is 102 cm³/mol. The van der Waals surface area contributed by atoms with Crippen LogP contribution < -0.4 is 14.8 Å². The highest BCUT2D eigenvalue weighted by Gasteiger charge is 2.36. The van der Waals surface area contributed by atoms with E-state index in [0.29, 0.717) is 18.7 Å². The van der Waals surface area contributed by atoms with E-state index >= 15 is 0 Å². The van der Waals surface area contributed by atoms with Crippen LogP contribution in [0.4, 0.5) is 24.8 Å². The molecule has 0 spiro atoms. The number of hydrogen-bond donors (Lipinski definition) is 1. The number of unbranched alkanes of at least 4 members (excludes halogenated alkanes) is 3. The van der Waals surface area contributed by atoms with Gasteiger partial charge < -0.3 is 14.8 Å². The van der Waals surface area contributed by atoms with Gasteiger partial charge in [0, 0.05) is 11.9 Å². The van der Waals surface area contributed by atoms with Crippen LogP contribution in [-0.4, -0.2) is 23.2 Å². The second-order valence-electron chi connectivity index (χ2n) is 6.32. The zero-order valence-electron chi connectivity index (χ0n) is 16.2. The highest BCUT2D eigenvalue weighted by Crippen LogP contribution is 2.35. The van der Waals surface area contributed by atoms with Gasteiger partial charge in [-0.15, -0.1) is 0 Å². The highest BCUT2D eigenvalue weighted by molar-refractivity contribution is 5.55. The molecule has 0 saturated carbocycles. The molecule has 1 N–H and O–H groups in total. The molecule has 2 aromatic rings. The van der Waals surface area contributed by atoms with E-state index in [1.54, 1.807) is 24.3 Å². The molecule has 154 valence electrons. The van der Waals surface area contributed by atoms with E-state index < -0.39 is 17.6 Å². The van der Waals surface area contributed by atoms with Gasteiger partial charge in [0.25, 0.3) is 0 Å². The molecule has 0 saturated heterocycles. The molecular weight excluding hydrogens is 371 g/mol. The largest absolute Gasteiger partial charge is 0.494 e. The quantitative estimate of drug-likeness (QED) is 0.472. The summed E-state index contributed by atoms with van der Waals surface area (Å²) in [5.74, 6) is 0.306. The fourth-order valence-corrected chi connectivity index (χ4v) is 2.41. The molecule has 28 heavy (non-hydrogen) atoms. The minimum atomic E-state index is -4.57. The van der Waals surface area contributed by atoms with Gasteiger partial charge in [0.1, 0.15) is 11.3 Å². The number of aromatic nitrogens is 2. The van der Waals surface area contributed by atoms with Gasteiger partial charge in [-0.25, -0.2) is 4.98 Å². The average molecular weight is 397 g/mol. The fourth-order valence-electron chi connectivity index (χ4n) is 2.41. The van der Waals surface area contributed by atoms with Crippen LogP contribution in [0.1, 0.15) is 51.5 Å². The molecule has 1 aromatic carbocycles. The van der Waals surface area contributed by atoms with E-state index in [1.807, 2.05) is 6.92 Å². The van der Waals surface area contributed by atoms with Gasteiger partial charge in [0.2, 0.25) is 11.8 Å². The van der Waals surface area contributed by atoms with Crippen molar-refractivity contribution in [3.05, 3.63) is 36.0 Å². The topological polar surface area (TPSA) is 56.3 Å². The molecule has 5 nitrogen and oxygen atoms in total. The van der Waals surface area contributed by atoms with Crippen molar-refractivity contribution in [1.82, 2.24) is 9.97 Å². The third-order valence-electron chi connectivity index (χ3n) is 3.88. The molecule has 0 radical (unpaired) electrons. The van der Waals surface area contributed by atoms with Gasteiger partial charge in [-0.3, -0.25) is 0 Å². The summed E-state index contributed by atoms with van der Waals surface area (Å²) in [6.07, 6.45) is 0.713. The number of hydrogen-bond acceptors (Lipinski definition) is 5. The molecule has 1 aromatic heterocycles. The number of halogens is 3. The number of nitrogens with one attached hydrogen (secondary N) is 1. The molecule has 0 unspecified atom stereocenters.